The lowest BCUT2D eigenvalue weighted by molar-refractivity contribution is -0.115. The van der Waals surface area contributed by atoms with Crippen molar-refractivity contribution in [1.29, 1.82) is 0 Å². The van der Waals surface area contributed by atoms with Crippen LogP contribution >= 0.6 is 11.6 Å². The molecule has 3 aromatic rings. The molecule has 1 heterocycles. The van der Waals surface area contributed by atoms with Gasteiger partial charge in [-0.2, -0.15) is 0 Å². The summed E-state index contributed by atoms with van der Waals surface area (Å²) in [6.07, 6.45) is 1.51. The van der Waals surface area contributed by atoms with Gasteiger partial charge in [-0.15, -0.1) is 0 Å². The summed E-state index contributed by atoms with van der Waals surface area (Å²) >= 11 is 6.13. The number of fused-ring (bicyclic) bond motifs is 1. The Morgan fingerprint density at radius 2 is 1.52 bits per heavy atom. The van der Waals surface area contributed by atoms with Crippen molar-refractivity contribution >= 4 is 29.0 Å². The molecule has 0 saturated carbocycles. The third kappa shape index (κ3) is 4.08. The van der Waals surface area contributed by atoms with E-state index in [0.29, 0.717) is 29.4 Å². The fourth-order valence-corrected chi connectivity index (χ4v) is 3.51. The van der Waals surface area contributed by atoms with Crippen molar-refractivity contribution < 1.29 is 9.59 Å². The van der Waals surface area contributed by atoms with Crippen LogP contribution in [-0.4, -0.2) is 11.7 Å². The molecule has 144 valence electrons. The summed E-state index contributed by atoms with van der Waals surface area (Å²) < 4.78 is 0. The number of Topliss-reactive ketones (excluding diaryl/α,β-unsaturated/α-hetero) is 1. The smallest absolute Gasteiger partial charge is 0.264 e. The molecule has 4 nitrogen and oxygen atoms in total. The molecule has 0 atom stereocenters. The van der Waals surface area contributed by atoms with Crippen molar-refractivity contribution in [1.82, 2.24) is 5.32 Å². The molecule has 5 heteroatoms. The molecule has 1 N–H and O–H groups in total. The van der Waals surface area contributed by atoms with Crippen LogP contribution in [0.3, 0.4) is 0 Å². The second kappa shape index (κ2) is 8.33. The summed E-state index contributed by atoms with van der Waals surface area (Å²) in [6, 6.07) is 24.5. The number of carbonyl (C=O) groups excluding carboxylic acids is 2. The molecular weight excluding hydrogens is 384 g/mol. The minimum Gasteiger partial charge on any atom is -0.386 e. The Morgan fingerprint density at radius 3 is 2.21 bits per heavy atom. The summed E-state index contributed by atoms with van der Waals surface area (Å²) in [6.45, 7) is 0.892. The Bertz CT molecular complexity index is 1080. The molecule has 0 spiro atoms. The Balaban J connectivity index is 1.66. The molecule has 1 amide bonds. The third-order valence-electron chi connectivity index (χ3n) is 4.79. The van der Waals surface area contributed by atoms with Crippen LogP contribution in [0.15, 0.2) is 90.6 Å². The van der Waals surface area contributed by atoms with Crippen molar-refractivity contribution in [3.8, 4) is 0 Å². The molecule has 4 rings (SSSR count). The predicted octanol–water partition coefficient (Wildman–Crippen LogP) is 4.74. The summed E-state index contributed by atoms with van der Waals surface area (Å²) in [7, 11) is 0. The summed E-state index contributed by atoms with van der Waals surface area (Å²) in [5.74, 6) is -0.647. The molecule has 3 aromatic carbocycles. The number of amides is 1. The fraction of sp³-hybridized carbons (Fsp3) is 0.0833. The second-order valence-corrected chi connectivity index (χ2v) is 7.23. The van der Waals surface area contributed by atoms with Gasteiger partial charge in [0.25, 0.3) is 5.91 Å². The van der Waals surface area contributed by atoms with Gasteiger partial charge in [-0.25, -0.2) is 0 Å². The number of nitrogens with one attached hydrogen (secondary N) is 1. The fourth-order valence-electron chi connectivity index (χ4n) is 3.34. The van der Waals surface area contributed by atoms with E-state index in [2.05, 4.69) is 5.32 Å². The topological polar surface area (TPSA) is 49.4 Å². The molecule has 0 saturated heterocycles. The largest absolute Gasteiger partial charge is 0.386 e. The van der Waals surface area contributed by atoms with E-state index < -0.39 is 0 Å². The van der Waals surface area contributed by atoms with Gasteiger partial charge in [0.1, 0.15) is 5.57 Å². The quantitative estimate of drug-likeness (QED) is 0.495. The maximum absolute atomic E-state index is 13.2. The van der Waals surface area contributed by atoms with Crippen LogP contribution in [0.2, 0.25) is 5.02 Å². The number of rotatable bonds is 5. The number of anilines is 1. The highest BCUT2D eigenvalue weighted by Crippen LogP contribution is 2.33. The maximum atomic E-state index is 13.2. The van der Waals surface area contributed by atoms with Gasteiger partial charge in [0.05, 0.1) is 12.2 Å². The number of benzene rings is 3. The van der Waals surface area contributed by atoms with Crippen LogP contribution in [0.5, 0.6) is 0 Å². The first kappa shape index (κ1) is 19.0. The van der Waals surface area contributed by atoms with Gasteiger partial charge in [-0.3, -0.25) is 9.59 Å². The van der Waals surface area contributed by atoms with E-state index in [1.807, 2.05) is 60.7 Å². The first-order chi connectivity index (χ1) is 14.1. The SMILES string of the molecule is O=C1C(=CNCc2ccccc2)C(=O)N(Cc2ccccc2)c2ccc(Cl)cc21. The lowest BCUT2D eigenvalue weighted by Gasteiger charge is -2.30. The number of ketones is 1. The second-order valence-electron chi connectivity index (χ2n) is 6.79. The van der Waals surface area contributed by atoms with E-state index in [1.165, 1.54) is 6.20 Å². The average Bonchev–Trinajstić information content (AvgIpc) is 2.75. The Kier molecular flexibility index (Phi) is 5.45. The molecule has 0 fully saturated rings. The molecular formula is C24H19ClN2O2. The zero-order valence-electron chi connectivity index (χ0n) is 15.6. The highest BCUT2D eigenvalue weighted by atomic mass is 35.5. The van der Waals surface area contributed by atoms with Gasteiger partial charge >= 0.3 is 0 Å². The maximum Gasteiger partial charge on any atom is 0.264 e. The van der Waals surface area contributed by atoms with E-state index in [-0.39, 0.29) is 17.3 Å². The minimum atomic E-state index is -0.325. The van der Waals surface area contributed by atoms with Gasteiger partial charge in [0, 0.05) is 23.3 Å². The van der Waals surface area contributed by atoms with Crippen molar-refractivity contribution in [3.05, 3.63) is 112 Å². The number of nitrogens with zero attached hydrogens (tertiary/aromatic N) is 1. The lowest BCUT2D eigenvalue weighted by atomic mass is 9.95. The lowest BCUT2D eigenvalue weighted by Crippen LogP contribution is -2.39. The van der Waals surface area contributed by atoms with Crippen LogP contribution in [0.25, 0.3) is 0 Å². The zero-order chi connectivity index (χ0) is 20.2. The number of hydrogen-bond donors (Lipinski definition) is 1. The summed E-state index contributed by atoms with van der Waals surface area (Å²) in [4.78, 5) is 27.8. The number of carbonyl (C=O) groups is 2. The Morgan fingerprint density at radius 1 is 0.862 bits per heavy atom. The van der Waals surface area contributed by atoms with Gasteiger partial charge in [0.15, 0.2) is 0 Å². The van der Waals surface area contributed by atoms with Gasteiger partial charge in [0.2, 0.25) is 5.78 Å². The Hall–Kier alpha value is -3.37. The van der Waals surface area contributed by atoms with E-state index >= 15 is 0 Å². The molecule has 29 heavy (non-hydrogen) atoms. The molecule has 1 aliphatic rings. The van der Waals surface area contributed by atoms with Crippen LogP contribution in [-0.2, 0) is 17.9 Å². The van der Waals surface area contributed by atoms with E-state index in [4.69, 9.17) is 11.6 Å². The van der Waals surface area contributed by atoms with Crippen molar-refractivity contribution in [3.63, 3.8) is 0 Å². The van der Waals surface area contributed by atoms with Crippen LogP contribution in [0.1, 0.15) is 21.5 Å². The van der Waals surface area contributed by atoms with Crippen molar-refractivity contribution in [2.75, 3.05) is 4.90 Å². The highest BCUT2D eigenvalue weighted by molar-refractivity contribution is 6.36. The summed E-state index contributed by atoms with van der Waals surface area (Å²) in [5, 5.41) is 3.56. The van der Waals surface area contributed by atoms with Crippen LogP contribution in [0.4, 0.5) is 5.69 Å². The molecule has 0 radical (unpaired) electrons. The van der Waals surface area contributed by atoms with E-state index in [1.54, 1.807) is 23.1 Å². The van der Waals surface area contributed by atoms with E-state index in [0.717, 1.165) is 11.1 Å². The Labute approximate surface area is 174 Å². The molecule has 1 aliphatic heterocycles. The van der Waals surface area contributed by atoms with Crippen LogP contribution in [0, 0.1) is 0 Å². The van der Waals surface area contributed by atoms with Crippen molar-refractivity contribution in [2.24, 2.45) is 0 Å². The minimum absolute atomic E-state index is 0.103. The third-order valence-corrected chi connectivity index (χ3v) is 5.03. The molecule has 0 bridgehead atoms. The average molecular weight is 403 g/mol. The van der Waals surface area contributed by atoms with E-state index in [9.17, 15) is 9.59 Å². The highest BCUT2D eigenvalue weighted by Gasteiger charge is 2.34. The van der Waals surface area contributed by atoms with Gasteiger partial charge < -0.3 is 10.2 Å². The van der Waals surface area contributed by atoms with Crippen LogP contribution < -0.4 is 10.2 Å². The number of halogens is 1. The predicted molar refractivity (Wildman–Crippen MR) is 115 cm³/mol. The molecule has 0 unspecified atom stereocenters. The normalized spacial score (nSPS) is 14.8. The standard InChI is InChI=1S/C24H19ClN2O2/c25-19-11-12-22-20(13-19)23(28)21(15-26-14-17-7-3-1-4-8-17)24(29)27(22)16-18-9-5-2-6-10-18/h1-13,15,26H,14,16H2. The van der Waals surface area contributed by atoms with Gasteiger partial charge in [-0.05, 0) is 29.3 Å². The zero-order valence-corrected chi connectivity index (χ0v) is 16.4. The number of hydrogen-bond acceptors (Lipinski definition) is 3. The monoisotopic (exact) mass is 402 g/mol. The first-order valence-corrected chi connectivity index (χ1v) is 9.69. The molecule has 0 aliphatic carbocycles. The molecule has 0 aromatic heterocycles. The van der Waals surface area contributed by atoms with Gasteiger partial charge in [-0.1, -0.05) is 72.3 Å². The van der Waals surface area contributed by atoms with Crippen molar-refractivity contribution in [2.45, 2.75) is 13.1 Å². The first-order valence-electron chi connectivity index (χ1n) is 9.31. The summed E-state index contributed by atoms with van der Waals surface area (Å²) in [5.41, 5.74) is 3.15.